The van der Waals surface area contributed by atoms with Crippen LogP contribution in [-0.2, 0) is 27.9 Å². The first-order valence-electron chi connectivity index (χ1n) is 22.5. The molecular formula is C52H58Cl2F8N2O4Ti. The van der Waals surface area contributed by atoms with E-state index in [1.54, 1.807) is 12.1 Å². The van der Waals surface area contributed by atoms with Gasteiger partial charge in [0.25, 0.3) is 0 Å². The standard InChI is InChI=1S/2C26H29F4NO2.2ClH.Ti/c2*1-5-11-33-25-21(29)19(27)23(20(28)22(25)30)31-14-16-12-17(26(2,3)4)13-18(24(16)32)15-9-7-6-8-10-15;;;/h2*5,12-15,32H,1,6-11H2,2-4H3;2*1H;/q;;;;+2/p-2. The van der Waals surface area contributed by atoms with Gasteiger partial charge in [0.05, 0.1) is 0 Å². The molecule has 0 saturated heterocycles. The number of phenolic OH excluding ortho intramolecular Hbond substituents is 2. The maximum absolute atomic E-state index is 14.5. The van der Waals surface area contributed by atoms with Crippen LogP contribution in [0, 0.1) is 46.5 Å². The summed E-state index contributed by atoms with van der Waals surface area (Å²) in [6.07, 6.45) is 14.7. The summed E-state index contributed by atoms with van der Waals surface area (Å²) < 4.78 is 125. The average molecular weight is 1050 g/mol. The van der Waals surface area contributed by atoms with Crippen molar-refractivity contribution >= 4 is 42.4 Å². The quantitative estimate of drug-likeness (QED) is 0.0487. The minimum absolute atomic E-state index is 0.0358. The molecule has 4 aromatic rings. The van der Waals surface area contributed by atoms with E-state index in [2.05, 4.69) is 23.1 Å². The van der Waals surface area contributed by atoms with Crippen LogP contribution >= 0.6 is 18.6 Å². The average Bonchev–Trinajstić information content (AvgIpc) is 3.31. The second-order valence-electron chi connectivity index (χ2n) is 18.8. The van der Waals surface area contributed by atoms with E-state index in [0.717, 1.165) is 98.9 Å². The van der Waals surface area contributed by atoms with Crippen molar-refractivity contribution in [2.75, 3.05) is 13.2 Å². The van der Waals surface area contributed by atoms with Gasteiger partial charge in [-0.25, -0.2) is 27.5 Å². The van der Waals surface area contributed by atoms with Gasteiger partial charge in [-0.2, -0.15) is 17.6 Å². The van der Waals surface area contributed by atoms with Crippen LogP contribution in [0.2, 0.25) is 0 Å². The monoisotopic (exact) mass is 1040 g/mol. The zero-order valence-corrected chi connectivity index (χ0v) is 42.6. The summed E-state index contributed by atoms with van der Waals surface area (Å²) in [6, 6.07) is 7.29. The van der Waals surface area contributed by atoms with Gasteiger partial charge in [0.15, 0.2) is 34.8 Å². The molecule has 2 aliphatic carbocycles. The summed E-state index contributed by atoms with van der Waals surface area (Å²) in [5.74, 6) is -15.5. The van der Waals surface area contributed by atoms with Crippen molar-refractivity contribution in [2.45, 2.75) is 128 Å². The van der Waals surface area contributed by atoms with Gasteiger partial charge in [0.2, 0.25) is 23.3 Å². The molecule has 4 aromatic carbocycles. The summed E-state index contributed by atoms with van der Waals surface area (Å²) in [4.78, 5) is 7.40. The maximum atomic E-state index is 14.5. The number of ether oxygens (including phenoxy) is 2. The number of hydrogen-bond donors (Lipinski definition) is 2. The third-order valence-electron chi connectivity index (χ3n) is 11.9. The van der Waals surface area contributed by atoms with Crippen molar-refractivity contribution < 1.29 is 71.8 Å². The zero-order chi connectivity index (χ0) is 51.4. The molecule has 0 amide bonds. The molecule has 2 N–H and O–H groups in total. The Morgan fingerprint density at radius 2 is 0.841 bits per heavy atom. The Bertz CT molecular complexity index is 2290. The number of phenols is 2. The fraction of sp³-hybridized carbons (Fsp3) is 0.423. The van der Waals surface area contributed by atoms with Gasteiger partial charge in [-0.15, -0.1) is 0 Å². The topological polar surface area (TPSA) is 83.6 Å². The van der Waals surface area contributed by atoms with Crippen molar-refractivity contribution in [1.29, 1.82) is 0 Å². The van der Waals surface area contributed by atoms with E-state index in [-0.39, 0.29) is 58.5 Å². The fourth-order valence-corrected chi connectivity index (χ4v) is 8.11. The van der Waals surface area contributed by atoms with E-state index in [0.29, 0.717) is 0 Å². The zero-order valence-electron chi connectivity index (χ0n) is 39.6. The van der Waals surface area contributed by atoms with E-state index < -0.39 is 86.4 Å². The van der Waals surface area contributed by atoms with Gasteiger partial charge in [0, 0.05) is 23.6 Å². The van der Waals surface area contributed by atoms with Crippen LogP contribution in [0.25, 0.3) is 0 Å². The molecule has 0 unspecified atom stereocenters. The molecule has 2 saturated carbocycles. The fourth-order valence-electron chi connectivity index (χ4n) is 8.11. The number of halogens is 10. The van der Waals surface area contributed by atoms with E-state index in [4.69, 9.17) is 28.1 Å². The van der Waals surface area contributed by atoms with Crippen LogP contribution in [0.4, 0.5) is 46.5 Å². The Hall–Kier alpha value is -4.37. The van der Waals surface area contributed by atoms with Crippen LogP contribution in [0.15, 0.2) is 59.6 Å². The second-order valence-corrected chi connectivity index (χ2v) is 21.4. The van der Waals surface area contributed by atoms with Gasteiger partial charge >= 0.3 is 35.6 Å². The van der Waals surface area contributed by atoms with E-state index >= 15 is 0 Å². The number of nitrogens with zero attached hydrogens (tertiary/aromatic N) is 2. The van der Waals surface area contributed by atoms with Crippen molar-refractivity contribution in [1.82, 2.24) is 0 Å². The summed E-state index contributed by atoms with van der Waals surface area (Å²) in [6.45, 7) is 18.1. The first kappa shape index (κ1) is 57.2. The normalized spacial score (nSPS) is 14.8. The van der Waals surface area contributed by atoms with Gasteiger partial charge in [0.1, 0.15) is 36.1 Å². The first-order valence-corrected chi connectivity index (χ1v) is 26.8. The van der Waals surface area contributed by atoms with Crippen LogP contribution in [0.1, 0.15) is 151 Å². The Morgan fingerprint density at radius 1 is 0.551 bits per heavy atom. The molecule has 2 fully saturated rings. The molecule has 69 heavy (non-hydrogen) atoms. The molecule has 6 nitrogen and oxygen atoms in total. The predicted octanol–water partition coefficient (Wildman–Crippen LogP) is 16.6. The summed E-state index contributed by atoms with van der Waals surface area (Å²) in [5, 5.41) is 21.9. The van der Waals surface area contributed by atoms with Crippen molar-refractivity contribution in [3.8, 4) is 23.0 Å². The molecule has 2 aliphatic rings. The molecular weight excluding hydrogens is 987 g/mol. The number of benzene rings is 4. The van der Waals surface area contributed by atoms with Crippen LogP contribution < -0.4 is 9.47 Å². The molecule has 0 radical (unpaired) electrons. The van der Waals surface area contributed by atoms with Crippen LogP contribution in [0.5, 0.6) is 23.0 Å². The van der Waals surface area contributed by atoms with Crippen LogP contribution in [-0.4, -0.2) is 35.9 Å². The Morgan fingerprint density at radius 3 is 1.10 bits per heavy atom. The van der Waals surface area contributed by atoms with E-state index in [1.165, 1.54) is 12.2 Å². The van der Waals surface area contributed by atoms with Gasteiger partial charge in [-0.3, -0.25) is 0 Å². The molecule has 0 heterocycles. The van der Waals surface area contributed by atoms with Crippen LogP contribution in [0.3, 0.4) is 0 Å². The molecule has 6 rings (SSSR count). The molecule has 0 aliphatic heterocycles. The Balaban J connectivity index is 0.000000284. The summed E-state index contributed by atoms with van der Waals surface area (Å²) in [7, 11) is 9.78. The number of aliphatic imine (C=N–C) groups is 2. The van der Waals surface area contributed by atoms with E-state index in [1.807, 2.05) is 53.7 Å². The van der Waals surface area contributed by atoms with Crippen molar-refractivity contribution in [3.63, 3.8) is 0 Å². The minimum atomic E-state index is -1.68. The molecule has 17 heteroatoms. The number of rotatable bonds is 12. The first-order chi connectivity index (χ1) is 32.5. The third kappa shape index (κ3) is 14.4. The number of aromatic hydroxyl groups is 2. The van der Waals surface area contributed by atoms with Gasteiger partial charge in [-0.1, -0.05) is 118 Å². The van der Waals surface area contributed by atoms with Crippen molar-refractivity contribution in [2.24, 2.45) is 9.98 Å². The Kier molecular flexibility index (Phi) is 21.3. The second kappa shape index (κ2) is 25.7. The molecule has 374 valence electrons. The van der Waals surface area contributed by atoms with Gasteiger partial charge < -0.3 is 19.7 Å². The Labute approximate surface area is 416 Å². The SMILES string of the molecule is C=CCOc1c(F)c(F)c(N=Cc2cc(C(C)(C)C)cc(C3CCCCC3)c2O)c(F)c1F.C=CCOc1c(F)c(F)c(N=Cc2cc(C(C)(C)C)cc(C3CCCCC3)c2O)c(F)c1F.[Cl][Ti][Cl]. The molecule has 0 aromatic heterocycles. The third-order valence-corrected chi connectivity index (χ3v) is 11.9. The predicted molar refractivity (Wildman–Crippen MR) is 255 cm³/mol. The number of hydrogen-bond acceptors (Lipinski definition) is 6. The van der Waals surface area contributed by atoms with Gasteiger partial charge in [-0.05, 0) is 82.7 Å². The molecule has 0 bridgehead atoms. The van der Waals surface area contributed by atoms with E-state index in [9.17, 15) is 45.3 Å². The summed E-state index contributed by atoms with van der Waals surface area (Å²) in [5.41, 5.74) is 1.01. The molecule has 0 atom stereocenters. The summed E-state index contributed by atoms with van der Waals surface area (Å²) >= 11 is -0.556. The van der Waals surface area contributed by atoms with Crippen molar-refractivity contribution in [3.05, 3.63) is 129 Å². The molecule has 0 spiro atoms.